The van der Waals surface area contributed by atoms with Crippen molar-refractivity contribution in [3.63, 3.8) is 0 Å². The Morgan fingerprint density at radius 1 is 1.39 bits per heavy atom. The molecule has 4 nitrogen and oxygen atoms in total. The Kier molecular flexibility index (Phi) is 3.91. The second-order valence-electron chi connectivity index (χ2n) is 4.73. The molecule has 1 fully saturated rings. The van der Waals surface area contributed by atoms with Crippen LogP contribution >= 0.6 is 0 Å². The summed E-state index contributed by atoms with van der Waals surface area (Å²) in [5.74, 6) is 0.550. The van der Waals surface area contributed by atoms with E-state index in [1.54, 1.807) is 0 Å². The lowest BCUT2D eigenvalue weighted by Gasteiger charge is -2.30. The first kappa shape index (κ1) is 13.4. The predicted molar refractivity (Wildman–Crippen MR) is 60.6 cm³/mol. The Morgan fingerprint density at radius 2 is 2.06 bits per heavy atom. The van der Waals surface area contributed by atoms with Gasteiger partial charge in [-0.1, -0.05) is 0 Å². The molecular weight excluding hydrogens is 245 g/mol. The van der Waals surface area contributed by atoms with Gasteiger partial charge in [0.1, 0.15) is 0 Å². The molecule has 0 spiro atoms. The minimum atomic E-state index is -4.37. The van der Waals surface area contributed by atoms with E-state index in [2.05, 4.69) is 15.1 Å². The fourth-order valence-electron chi connectivity index (χ4n) is 2.21. The summed E-state index contributed by atoms with van der Waals surface area (Å²) in [6.07, 6.45) is -2.35. The van der Waals surface area contributed by atoms with Crippen molar-refractivity contribution in [1.82, 2.24) is 15.1 Å². The van der Waals surface area contributed by atoms with Gasteiger partial charge in [-0.15, -0.1) is 0 Å². The average Bonchev–Trinajstić information content (AvgIpc) is 2.78. The quantitative estimate of drug-likeness (QED) is 0.870. The molecule has 0 aliphatic carbocycles. The van der Waals surface area contributed by atoms with E-state index < -0.39 is 11.9 Å². The summed E-state index contributed by atoms with van der Waals surface area (Å²) >= 11 is 0. The number of nitrogens with two attached hydrogens (primary N) is 1. The first-order valence-electron chi connectivity index (χ1n) is 6.03. The highest BCUT2D eigenvalue weighted by Crippen LogP contribution is 2.28. The van der Waals surface area contributed by atoms with Crippen LogP contribution in [0, 0.1) is 5.92 Å². The number of nitrogens with zero attached hydrogens (tertiary/aromatic N) is 2. The summed E-state index contributed by atoms with van der Waals surface area (Å²) in [4.78, 5) is 2.12. The molecule has 0 amide bonds. The second-order valence-corrected chi connectivity index (χ2v) is 4.73. The van der Waals surface area contributed by atoms with E-state index in [1.165, 1.54) is 0 Å². The molecule has 7 heteroatoms. The minimum Gasteiger partial charge on any atom is -0.330 e. The summed E-state index contributed by atoms with van der Waals surface area (Å²) in [5, 5.41) is 5.74. The average molecular weight is 262 g/mol. The van der Waals surface area contributed by atoms with Crippen molar-refractivity contribution >= 4 is 0 Å². The molecule has 1 saturated heterocycles. The van der Waals surface area contributed by atoms with Crippen LogP contribution in [-0.4, -0.2) is 34.7 Å². The number of rotatable bonds is 3. The maximum Gasteiger partial charge on any atom is 0.435 e. The van der Waals surface area contributed by atoms with E-state index in [1.807, 2.05) is 0 Å². The lowest BCUT2D eigenvalue weighted by molar-refractivity contribution is -0.141. The molecule has 0 aromatic carbocycles. The molecular formula is C11H17F3N4. The Hall–Kier alpha value is -1.08. The van der Waals surface area contributed by atoms with Crippen LogP contribution in [0.2, 0.25) is 0 Å². The normalized spacial score (nSPS) is 19.3. The number of piperidine rings is 1. The molecule has 1 aliphatic rings. The summed E-state index contributed by atoms with van der Waals surface area (Å²) in [7, 11) is 0. The van der Waals surface area contributed by atoms with Crippen LogP contribution < -0.4 is 5.73 Å². The number of hydrogen-bond acceptors (Lipinski definition) is 3. The predicted octanol–water partition coefficient (Wildman–Crippen LogP) is 1.60. The van der Waals surface area contributed by atoms with E-state index in [-0.39, 0.29) is 0 Å². The van der Waals surface area contributed by atoms with Gasteiger partial charge < -0.3 is 5.73 Å². The zero-order chi connectivity index (χ0) is 13.2. The van der Waals surface area contributed by atoms with Crippen molar-refractivity contribution in [3.8, 4) is 0 Å². The van der Waals surface area contributed by atoms with E-state index in [0.717, 1.165) is 32.0 Å². The molecule has 3 N–H and O–H groups in total. The lowest BCUT2D eigenvalue weighted by atomic mass is 9.97. The van der Waals surface area contributed by atoms with Crippen LogP contribution in [0.1, 0.15) is 24.2 Å². The lowest BCUT2D eigenvalue weighted by Crippen LogP contribution is -2.35. The third-order valence-electron chi connectivity index (χ3n) is 3.36. The zero-order valence-corrected chi connectivity index (χ0v) is 10.0. The molecule has 0 atom stereocenters. The Morgan fingerprint density at radius 3 is 2.56 bits per heavy atom. The Labute approximate surface area is 103 Å². The largest absolute Gasteiger partial charge is 0.435 e. The molecule has 0 saturated carbocycles. The highest BCUT2D eigenvalue weighted by atomic mass is 19.4. The second kappa shape index (κ2) is 5.27. The molecule has 1 aliphatic heterocycles. The summed E-state index contributed by atoms with van der Waals surface area (Å²) < 4.78 is 37.1. The fourth-order valence-corrected chi connectivity index (χ4v) is 2.21. The monoisotopic (exact) mass is 262 g/mol. The third kappa shape index (κ3) is 3.23. The maximum absolute atomic E-state index is 12.4. The van der Waals surface area contributed by atoms with Crippen LogP contribution in [0.15, 0.2) is 6.07 Å². The topological polar surface area (TPSA) is 57.9 Å². The first-order valence-corrected chi connectivity index (χ1v) is 6.03. The molecule has 1 aromatic rings. The summed E-state index contributed by atoms with van der Waals surface area (Å²) in [6, 6.07) is 1.08. The van der Waals surface area contributed by atoms with Gasteiger partial charge in [-0.05, 0) is 44.5 Å². The van der Waals surface area contributed by atoms with Gasteiger partial charge in [0.25, 0.3) is 0 Å². The third-order valence-corrected chi connectivity index (χ3v) is 3.36. The molecule has 0 radical (unpaired) electrons. The Bertz CT molecular complexity index is 380. The first-order chi connectivity index (χ1) is 8.49. The van der Waals surface area contributed by atoms with Crippen LogP contribution in [-0.2, 0) is 12.7 Å². The Balaban J connectivity index is 1.89. The van der Waals surface area contributed by atoms with E-state index in [9.17, 15) is 13.2 Å². The number of likely N-dealkylation sites (tertiary alicyclic amines) is 1. The number of aromatic nitrogens is 2. The highest BCUT2D eigenvalue weighted by molar-refractivity contribution is 5.11. The molecule has 18 heavy (non-hydrogen) atoms. The molecule has 2 rings (SSSR count). The number of hydrogen-bond donors (Lipinski definition) is 2. The molecule has 2 heterocycles. The molecule has 102 valence electrons. The van der Waals surface area contributed by atoms with Crippen molar-refractivity contribution < 1.29 is 13.2 Å². The van der Waals surface area contributed by atoms with Crippen LogP contribution in [0.3, 0.4) is 0 Å². The van der Waals surface area contributed by atoms with Gasteiger partial charge in [0.15, 0.2) is 5.69 Å². The van der Waals surface area contributed by atoms with Gasteiger partial charge in [0.05, 0.1) is 0 Å². The fraction of sp³-hybridized carbons (Fsp3) is 0.727. The van der Waals surface area contributed by atoms with Crippen molar-refractivity contribution in [3.05, 3.63) is 17.5 Å². The zero-order valence-electron chi connectivity index (χ0n) is 10.0. The van der Waals surface area contributed by atoms with Gasteiger partial charge in [-0.2, -0.15) is 18.3 Å². The smallest absolute Gasteiger partial charge is 0.330 e. The maximum atomic E-state index is 12.4. The number of aromatic amines is 1. The van der Waals surface area contributed by atoms with Gasteiger partial charge in [-0.25, -0.2) is 0 Å². The highest BCUT2D eigenvalue weighted by Gasteiger charge is 2.34. The van der Waals surface area contributed by atoms with Crippen LogP contribution in [0.5, 0.6) is 0 Å². The number of alkyl halides is 3. The van der Waals surface area contributed by atoms with Crippen LogP contribution in [0.25, 0.3) is 0 Å². The number of H-pyrrole nitrogens is 1. The van der Waals surface area contributed by atoms with Gasteiger partial charge in [-0.3, -0.25) is 10.00 Å². The van der Waals surface area contributed by atoms with Crippen LogP contribution in [0.4, 0.5) is 13.2 Å². The molecule has 1 aromatic heterocycles. The van der Waals surface area contributed by atoms with Crippen molar-refractivity contribution in [1.29, 1.82) is 0 Å². The number of halogens is 3. The summed E-state index contributed by atoms with van der Waals surface area (Å²) in [5.41, 5.74) is 5.25. The van der Waals surface area contributed by atoms with E-state index >= 15 is 0 Å². The molecule has 0 bridgehead atoms. The van der Waals surface area contributed by atoms with Gasteiger partial charge >= 0.3 is 6.18 Å². The van der Waals surface area contributed by atoms with Crippen molar-refractivity contribution in [2.45, 2.75) is 25.6 Å². The minimum absolute atomic E-state index is 0.486. The van der Waals surface area contributed by atoms with Gasteiger partial charge in [0, 0.05) is 12.2 Å². The van der Waals surface area contributed by atoms with Crippen molar-refractivity contribution in [2.75, 3.05) is 19.6 Å². The van der Waals surface area contributed by atoms with Gasteiger partial charge in [0.2, 0.25) is 0 Å². The van der Waals surface area contributed by atoms with E-state index in [4.69, 9.17) is 5.73 Å². The van der Waals surface area contributed by atoms with E-state index in [0.29, 0.717) is 24.7 Å². The summed E-state index contributed by atoms with van der Waals surface area (Å²) in [6.45, 7) is 2.93. The standard InChI is InChI=1S/C11H17F3N4/c12-11(13,14)10-5-9(16-17-10)7-18-3-1-8(6-15)2-4-18/h5,8H,1-4,6-7,15H2,(H,16,17). The SMILES string of the molecule is NCC1CCN(Cc2cc(C(F)(F)F)n[nH]2)CC1. The number of nitrogens with one attached hydrogen (secondary N) is 1. The van der Waals surface area contributed by atoms with Crippen molar-refractivity contribution in [2.24, 2.45) is 11.7 Å². The molecule has 0 unspecified atom stereocenters.